The van der Waals surface area contributed by atoms with Gasteiger partial charge in [-0.05, 0) is 36.0 Å². The maximum Gasteiger partial charge on any atom is 0.334 e. The summed E-state index contributed by atoms with van der Waals surface area (Å²) in [4.78, 5) is 11.6. The molecule has 0 radical (unpaired) electrons. The number of hydrogen-bond donors (Lipinski definition) is 0. The Morgan fingerprint density at radius 1 is 1.38 bits per heavy atom. The lowest BCUT2D eigenvalue weighted by Gasteiger charge is -2.10. The summed E-state index contributed by atoms with van der Waals surface area (Å²) in [6.45, 7) is 2.08. The van der Waals surface area contributed by atoms with E-state index < -0.39 is 0 Å². The molecule has 0 amide bonds. The highest BCUT2D eigenvalue weighted by Gasteiger charge is 2.21. The molecule has 0 aliphatic heterocycles. The lowest BCUT2D eigenvalue weighted by atomic mass is 9.97. The number of hydrogen-bond acceptors (Lipinski definition) is 2. The molecule has 1 aliphatic rings. The average Bonchev–Trinajstić information content (AvgIpc) is 2.48. The van der Waals surface area contributed by atoms with Gasteiger partial charge in [0.2, 0.25) is 0 Å². The minimum Gasteiger partial charge on any atom is -0.466 e. The van der Waals surface area contributed by atoms with Crippen LogP contribution in [-0.2, 0) is 16.0 Å². The Hall–Kier alpha value is -1.57. The van der Waals surface area contributed by atoms with Crippen LogP contribution in [0.25, 0.3) is 6.08 Å². The zero-order valence-corrected chi connectivity index (χ0v) is 9.69. The third-order valence-corrected chi connectivity index (χ3v) is 3.16. The molecule has 0 N–H and O–H groups in total. The van der Waals surface area contributed by atoms with E-state index in [0.29, 0.717) is 0 Å². The molecule has 0 heterocycles. The van der Waals surface area contributed by atoms with Crippen molar-refractivity contribution in [2.24, 2.45) is 5.92 Å². The fourth-order valence-electron chi connectivity index (χ4n) is 2.12. The van der Waals surface area contributed by atoms with E-state index >= 15 is 0 Å². The molecule has 2 heteroatoms. The molecule has 0 spiro atoms. The number of esters is 1. The van der Waals surface area contributed by atoms with Crippen LogP contribution in [-0.4, -0.2) is 13.1 Å². The summed E-state index contributed by atoms with van der Waals surface area (Å²) < 4.78 is 4.82. The topological polar surface area (TPSA) is 26.3 Å². The molecule has 84 valence electrons. The molecular formula is C14H16O2. The maximum absolute atomic E-state index is 11.6. The van der Waals surface area contributed by atoms with Crippen LogP contribution in [0.2, 0.25) is 0 Å². The smallest absolute Gasteiger partial charge is 0.334 e. The zero-order chi connectivity index (χ0) is 11.5. The summed E-state index contributed by atoms with van der Waals surface area (Å²) in [5, 5.41) is 0. The SMILES string of the molecule is COC(=O)C1=Cc2ccccc2CCC1C. The van der Waals surface area contributed by atoms with E-state index in [1.54, 1.807) is 0 Å². The van der Waals surface area contributed by atoms with Crippen LogP contribution in [0, 0.1) is 5.92 Å². The molecule has 0 fully saturated rings. The predicted octanol–water partition coefficient (Wildman–Crippen LogP) is 2.83. The van der Waals surface area contributed by atoms with E-state index in [1.807, 2.05) is 18.2 Å². The van der Waals surface area contributed by atoms with Crippen molar-refractivity contribution in [2.75, 3.05) is 7.11 Å². The first-order valence-corrected chi connectivity index (χ1v) is 5.60. The van der Waals surface area contributed by atoms with Crippen molar-refractivity contribution < 1.29 is 9.53 Å². The van der Waals surface area contributed by atoms with Crippen molar-refractivity contribution in [3.05, 3.63) is 41.0 Å². The van der Waals surface area contributed by atoms with Gasteiger partial charge in [0, 0.05) is 5.57 Å². The number of ether oxygens (including phenoxy) is 1. The summed E-state index contributed by atoms with van der Waals surface area (Å²) in [5.41, 5.74) is 3.24. The molecule has 2 rings (SSSR count). The minimum absolute atomic E-state index is 0.204. The Labute approximate surface area is 95.9 Å². The van der Waals surface area contributed by atoms with Gasteiger partial charge in [-0.1, -0.05) is 31.2 Å². The Morgan fingerprint density at radius 2 is 2.12 bits per heavy atom. The molecule has 0 bridgehead atoms. The summed E-state index contributed by atoms with van der Waals surface area (Å²) in [5.74, 6) is 0.0593. The molecule has 0 aromatic heterocycles. The second-order valence-corrected chi connectivity index (χ2v) is 4.23. The molecule has 0 saturated heterocycles. The monoisotopic (exact) mass is 216 g/mol. The molecule has 1 atom stereocenters. The van der Waals surface area contributed by atoms with Gasteiger partial charge in [0.1, 0.15) is 0 Å². The fraction of sp³-hybridized carbons (Fsp3) is 0.357. The van der Waals surface area contributed by atoms with Crippen molar-refractivity contribution in [2.45, 2.75) is 19.8 Å². The van der Waals surface area contributed by atoms with Crippen LogP contribution >= 0.6 is 0 Å². The van der Waals surface area contributed by atoms with Gasteiger partial charge >= 0.3 is 5.97 Å². The lowest BCUT2D eigenvalue weighted by Crippen LogP contribution is -2.11. The highest BCUT2D eigenvalue weighted by molar-refractivity contribution is 5.94. The largest absolute Gasteiger partial charge is 0.466 e. The second-order valence-electron chi connectivity index (χ2n) is 4.23. The van der Waals surface area contributed by atoms with E-state index in [4.69, 9.17) is 4.74 Å². The Morgan fingerprint density at radius 3 is 2.88 bits per heavy atom. The number of carbonyl (C=O) groups excluding carboxylic acids is 1. The normalized spacial score (nSPS) is 19.4. The van der Waals surface area contributed by atoms with Crippen LogP contribution in [0.3, 0.4) is 0 Å². The van der Waals surface area contributed by atoms with Gasteiger partial charge in [-0.15, -0.1) is 0 Å². The van der Waals surface area contributed by atoms with Crippen LogP contribution < -0.4 is 0 Å². The van der Waals surface area contributed by atoms with Gasteiger partial charge in [0.05, 0.1) is 7.11 Å². The number of benzene rings is 1. The van der Waals surface area contributed by atoms with Crippen molar-refractivity contribution in [3.63, 3.8) is 0 Å². The zero-order valence-electron chi connectivity index (χ0n) is 9.69. The standard InChI is InChI=1S/C14H16O2/c1-10-7-8-11-5-3-4-6-12(11)9-13(10)14(15)16-2/h3-6,9-10H,7-8H2,1-2H3. The van der Waals surface area contributed by atoms with Crippen LogP contribution in [0.4, 0.5) is 0 Å². The van der Waals surface area contributed by atoms with Crippen LogP contribution in [0.1, 0.15) is 24.5 Å². The van der Waals surface area contributed by atoms with Gasteiger partial charge in [-0.2, -0.15) is 0 Å². The van der Waals surface area contributed by atoms with Crippen molar-refractivity contribution in [3.8, 4) is 0 Å². The number of aryl methyl sites for hydroxylation is 1. The van der Waals surface area contributed by atoms with Crippen molar-refractivity contribution in [1.29, 1.82) is 0 Å². The molecule has 1 unspecified atom stereocenters. The third kappa shape index (κ3) is 2.01. The highest BCUT2D eigenvalue weighted by atomic mass is 16.5. The highest BCUT2D eigenvalue weighted by Crippen LogP contribution is 2.27. The first kappa shape index (κ1) is 10.9. The summed E-state index contributed by atoms with van der Waals surface area (Å²) in [6, 6.07) is 8.22. The van der Waals surface area contributed by atoms with E-state index in [-0.39, 0.29) is 11.9 Å². The molecule has 16 heavy (non-hydrogen) atoms. The van der Waals surface area contributed by atoms with Gasteiger partial charge in [-0.3, -0.25) is 0 Å². The maximum atomic E-state index is 11.6. The van der Waals surface area contributed by atoms with Crippen LogP contribution in [0.15, 0.2) is 29.8 Å². The quantitative estimate of drug-likeness (QED) is 0.675. The van der Waals surface area contributed by atoms with Gasteiger partial charge < -0.3 is 4.74 Å². The van der Waals surface area contributed by atoms with Crippen molar-refractivity contribution >= 4 is 12.0 Å². The Kier molecular flexibility index (Phi) is 3.09. The summed E-state index contributed by atoms with van der Waals surface area (Å²) >= 11 is 0. The van der Waals surface area contributed by atoms with Gasteiger partial charge in [0.15, 0.2) is 0 Å². The lowest BCUT2D eigenvalue weighted by molar-refractivity contribution is -0.136. The average molecular weight is 216 g/mol. The number of carbonyl (C=O) groups is 1. The fourth-order valence-corrected chi connectivity index (χ4v) is 2.12. The molecule has 1 aromatic carbocycles. The molecule has 2 nitrogen and oxygen atoms in total. The first-order valence-electron chi connectivity index (χ1n) is 5.60. The third-order valence-electron chi connectivity index (χ3n) is 3.16. The predicted molar refractivity (Wildman–Crippen MR) is 63.9 cm³/mol. The molecular weight excluding hydrogens is 200 g/mol. The number of rotatable bonds is 1. The second kappa shape index (κ2) is 4.52. The molecule has 1 aromatic rings. The minimum atomic E-state index is -0.204. The van der Waals surface area contributed by atoms with E-state index in [1.165, 1.54) is 12.7 Å². The van der Waals surface area contributed by atoms with Gasteiger partial charge in [0.25, 0.3) is 0 Å². The number of methoxy groups -OCH3 is 1. The Bertz CT molecular complexity index is 432. The Balaban J connectivity index is 2.44. The van der Waals surface area contributed by atoms with E-state index in [2.05, 4.69) is 19.1 Å². The summed E-state index contributed by atoms with van der Waals surface area (Å²) in [6.07, 6.45) is 3.99. The first-order chi connectivity index (χ1) is 7.72. The van der Waals surface area contributed by atoms with Gasteiger partial charge in [-0.25, -0.2) is 4.79 Å². The summed E-state index contributed by atoms with van der Waals surface area (Å²) in [7, 11) is 1.44. The molecule has 1 aliphatic carbocycles. The van der Waals surface area contributed by atoms with Crippen molar-refractivity contribution in [1.82, 2.24) is 0 Å². The van der Waals surface area contributed by atoms with Crippen LogP contribution in [0.5, 0.6) is 0 Å². The number of fused-ring (bicyclic) bond motifs is 1. The van der Waals surface area contributed by atoms with E-state index in [9.17, 15) is 4.79 Å². The molecule has 0 saturated carbocycles. The van der Waals surface area contributed by atoms with E-state index in [0.717, 1.165) is 24.0 Å².